The standard InChI is InChI=1S/C24H24FNO3/c1-16-6-4-5-7-21(16)24(28)29-15-23(27)22-14-17(2)26(18(22)3)13-12-19-8-10-20(25)11-9-19/h4-11,14H,12-13,15H2,1-3H3. The van der Waals surface area contributed by atoms with Gasteiger partial charge in [-0.15, -0.1) is 0 Å². The van der Waals surface area contributed by atoms with Crippen LogP contribution >= 0.6 is 0 Å². The Morgan fingerprint density at radius 2 is 1.66 bits per heavy atom. The van der Waals surface area contributed by atoms with Crippen molar-refractivity contribution in [3.05, 3.63) is 94.1 Å². The first-order chi connectivity index (χ1) is 13.9. The van der Waals surface area contributed by atoms with Crippen LogP contribution in [0, 0.1) is 26.6 Å². The van der Waals surface area contributed by atoms with Crippen molar-refractivity contribution >= 4 is 11.8 Å². The molecule has 4 nitrogen and oxygen atoms in total. The zero-order valence-electron chi connectivity index (χ0n) is 16.9. The van der Waals surface area contributed by atoms with E-state index in [1.165, 1.54) is 12.1 Å². The van der Waals surface area contributed by atoms with Crippen molar-refractivity contribution in [1.29, 1.82) is 0 Å². The molecule has 29 heavy (non-hydrogen) atoms. The van der Waals surface area contributed by atoms with Crippen LogP contribution in [0.1, 0.15) is 43.2 Å². The highest BCUT2D eigenvalue weighted by Gasteiger charge is 2.18. The number of Topliss-reactive ketones (excluding diaryl/α,β-unsaturated/α-hetero) is 1. The van der Waals surface area contributed by atoms with Gasteiger partial charge in [0, 0.05) is 23.5 Å². The number of esters is 1. The molecule has 0 unspecified atom stereocenters. The van der Waals surface area contributed by atoms with Gasteiger partial charge in [-0.05, 0) is 62.6 Å². The number of aromatic nitrogens is 1. The third kappa shape index (κ3) is 4.80. The lowest BCUT2D eigenvalue weighted by molar-refractivity contribution is 0.0473. The fourth-order valence-corrected chi connectivity index (χ4v) is 3.41. The Morgan fingerprint density at radius 3 is 2.34 bits per heavy atom. The molecule has 1 aromatic heterocycles. The number of carbonyl (C=O) groups is 2. The van der Waals surface area contributed by atoms with E-state index in [4.69, 9.17) is 4.74 Å². The maximum atomic E-state index is 13.1. The van der Waals surface area contributed by atoms with Crippen molar-refractivity contribution in [2.75, 3.05) is 6.61 Å². The summed E-state index contributed by atoms with van der Waals surface area (Å²) in [6.45, 7) is 6.03. The maximum Gasteiger partial charge on any atom is 0.338 e. The van der Waals surface area contributed by atoms with E-state index in [9.17, 15) is 14.0 Å². The van der Waals surface area contributed by atoms with Crippen molar-refractivity contribution in [3.8, 4) is 0 Å². The minimum absolute atomic E-state index is 0.229. The summed E-state index contributed by atoms with van der Waals surface area (Å²) in [5.41, 5.74) is 4.65. The molecule has 0 fully saturated rings. The summed E-state index contributed by atoms with van der Waals surface area (Å²) in [5, 5.41) is 0. The predicted molar refractivity (Wildman–Crippen MR) is 110 cm³/mol. The molecule has 3 aromatic rings. The molecule has 0 radical (unpaired) electrons. The lowest BCUT2D eigenvalue weighted by Gasteiger charge is -2.10. The van der Waals surface area contributed by atoms with Gasteiger partial charge in [0.15, 0.2) is 6.61 Å². The summed E-state index contributed by atoms with van der Waals surface area (Å²) >= 11 is 0. The highest BCUT2D eigenvalue weighted by molar-refractivity contribution is 6.00. The van der Waals surface area contributed by atoms with Gasteiger partial charge in [-0.2, -0.15) is 0 Å². The molecule has 0 saturated heterocycles. The minimum Gasteiger partial charge on any atom is -0.454 e. The van der Waals surface area contributed by atoms with Crippen LogP contribution in [0.4, 0.5) is 4.39 Å². The van der Waals surface area contributed by atoms with E-state index in [0.717, 1.165) is 28.9 Å². The molecule has 5 heteroatoms. The molecular weight excluding hydrogens is 369 g/mol. The Bertz CT molecular complexity index is 1030. The van der Waals surface area contributed by atoms with Crippen LogP contribution in [0.15, 0.2) is 54.6 Å². The minimum atomic E-state index is -0.499. The van der Waals surface area contributed by atoms with Crippen LogP contribution in [-0.2, 0) is 17.7 Å². The molecule has 0 aliphatic heterocycles. The van der Waals surface area contributed by atoms with Crippen molar-refractivity contribution in [3.63, 3.8) is 0 Å². The predicted octanol–water partition coefficient (Wildman–Crippen LogP) is 4.83. The van der Waals surface area contributed by atoms with E-state index in [-0.39, 0.29) is 18.2 Å². The quantitative estimate of drug-likeness (QED) is 0.426. The second-order valence-electron chi connectivity index (χ2n) is 7.13. The molecule has 0 spiro atoms. The zero-order chi connectivity index (χ0) is 21.0. The van der Waals surface area contributed by atoms with Crippen LogP contribution in [-0.4, -0.2) is 22.9 Å². The highest BCUT2D eigenvalue weighted by Crippen LogP contribution is 2.18. The van der Waals surface area contributed by atoms with Gasteiger partial charge < -0.3 is 9.30 Å². The lowest BCUT2D eigenvalue weighted by atomic mass is 10.1. The smallest absolute Gasteiger partial charge is 0.338 e. The maximum absolute atomic E-state index is 13.1. The fraction of sp³-hybridized carbons (Fsp3) is 0.250. The number of hydrogen-bond donors (Lipinski definition) is 0. The van der Waals surface area contributed by atoms with Gasteiger partial charge in [-0.25, -0.2) is 9.18 Å². The van der Waals surface area contributed by atoms with E-state index in [2.05, 4.69) is 4.57 Å². The summed E-state index contributed by atoms with van der Waals surface area (Å²) < 4.78 is 20.3. The first-order valence-corrected chi connectivity index (χ1v) is 9.54. The number of halogens is 1. The van der Waals surface area contributed by atoms with Crippen LogP contribution in [0.3, 0.4) is 0 Å². The first-order valence-electron chi connectivity index (χ1n) is 9.54. The van der Waals surface area contributed by atoms with E-state index in [1.54, 1.807) is 24.3 Å². The van der Waals surface area contributed by atoms with Crippen molar-refractivity contribution in [2.24, 2.45) is 0 Å². The Kier molecular flexibility index (Phi) is 6.27. The molecule has 0 aliphatic rings. The van der Waals surface area contributed by atoms with E-state index < -0.39 is 5.97 Å². The van der Waals surface area contributed by atoms with Gasteiger partial charge in [-0.1, -0.05) is 30.3 Å². The van der Waals surface area contributed by atoms with Gasteiger partial charge >= 0.3 is 5.97 Å². The summed E-state index contributed by atoms with van der Waals surface area (Å²) in [6.07, 6.45) is 0.729. The fourth-order valence-electron chi connectivity index (χ4n) is 3.41. The Morgan fingerprint density at radius 1 is 0.966 bits per heavy atom. The largest absolute Gasteiger partial charge is 0.454 e. The molecule has 3 rings (SSSR count). The number of rotatable bonds is 7. The van der Waals surface area contributed by atoms with Crippen LogP contribution in [0.2, 0.25) is 0 Å². The number of ketones is 1. The molecule has 0 bridgehead atoms. The molecular formula is C24H24FNO3. The monoisotopic (exact) mass is 393 g/mol. The number of benzene rings is 2. The van der Waals surface area contributed by atoms with E-state index >= 15 is 0 Å². The van der Waals surface area contributed by atoms with E-state index in [0.29, 0.717) is 17.7 Å². The molecule has 0 saturated carbocycles. The van der Waals surface area contributed by atoms with Gasteiger partial charge in [0.25, 0.3) is 0 Å². The van der Waals surface area contributed by atoms with Crippen LogP contribution < -0.4 is 0 Å². The topological polar surface area (TPSA) is 48.3 Å². The zero-order valence-corrected chi connectivity index (χ0v) is 16.9. The number of hydrogen-bond acceptors (Lipinski definition) is 3. The molecule has 0 N–H and O–H groups in total. The number of ether oxygens (including phenoxy) is 1. The third-order valence-electron chi connectivity index (χ3n) is 5.11. The Hall–Kier alpha value is -3.21. The van der Waals surface area contributed by atoms with Gasteiger partial charge in [0.2, 0.25) is 5.78 Å². The normalized spacial score (nSPS) is 10.8. The molecule has 0 aliphatic carbocycles. The summed E-state index contributed by atoms with van der Waals surface area (Å²) in [6, 6.07) is 15.4. The Balaban J connectivity index is 1.65. The van der Waals surface area contributed by atoms with Crippen molar-refractivity contribution in [2.45, 2.75) is 33.7 Å². The SMILES string of the molecule is Cc1ccccc1C(=O)OCC(=O)c1cc(C)n(CCc2ccc(F)cc2)c1C. The van der Waals surface area contributed by atoms with Crippen molar-refractivity contribution in [1.82, 2.24) is 4.57 Å². The number of nitrogens with zero attached hydrogens (tertiary/aromatic N) is 1. The van der Waals surface area contributed by atoms with Gasteiger partial charge in [0.1, 0.15) is 5.82 Å². The van der Waals surface area contributed by atoms with Crippen molar-refractivity contribution < 1.29 is 18.7 Å². The average molecular weight is 393 g/mol. The van der Waals surface area contributed by atoms with Gasteiger partial charge in [0.05, 0.1) is 5.56 Å². The second-order valence-corrected chi connectivity index (χ2v) is 7.13. The Labute approximate surface area is 169 Å². The average Bonchev–Trinajstić information content (AvgIpc) is 2.99. The molecule has 0 amide bonds. The summed E-state index contributed by atoms with van der Waals surface area (Å²) in [7, 11) is 0. The van der Waals surface area contributed by atoms with Crippen LogP contribution in [0.25, 0.3) is 0 Å². The lowest BCUT2D eigenvalue weighted by Crippen LogP contribution is -2.16. The molecule has 150 valence electrons. The van der Waals surface area contributed by atoms with Crippen LogP contribution in [0.5, 0.6) is 0 Å². The summed E-state index contributed by atoms with van der Waals surface area (Å²) in [5.74, 6) is -0.982. The first kappa shape index (κ1) is 20.5. The molecule has 0 atom stereocenters. The third-order valence-corrected chi connectivity index (χ3v) is 5.11. The highest BCUT2D eigenvalue weighted by atomic mass is 19.1. The number of aryl methyl sites for hydroxylation is 3. The number of carbonyl (C=O) groups excluding carboxylic acids is 2. The second kappa shape index (κ2) is 8.86. The van der Waals surface area contributed by atoms with Gasteiger partial charge in [-0.3, -0.25) is 4.79 Å². The molecule has 1 heterocycles. The van der Waals surface area contributed by atoms with E-state index in [1.807, 2.05) is 39.0 Å². The summed E-state index contributed by atoms with van der Waals surface area (Å²) in [4.78, 5) is 24.9. The molecule has 2 aromatic carbocycles.